The summed E-state index contributed by atoms with van der Waals surface area (Å²) in [6.45, 7) is 6.19. The second-order valence-electron chi connectivity index (χ2n) is 5.71. The molecule has 0 bridgehead atoms. The van der Waals surface area contributed by atoms with E-state index in [4.69, 9.17) is 21.1 Å². The number of hydrogen-bond acceptors (Lipinski definition) is 5. The van der Waals surface area contributed by atoms with E-state index in [1.54, 1.807) is 14.2 Å². The van der Waals surface area contributed by atoms with E-state index in [1.165, 1.54) is 10.8 Å². The number of methoxy groups -OCH3 is 2. The lowest BCUT2D eigenvalue weighted by Gasteiger charge is -2.18. The van der Waals surface area contributed by atoms with Crippen molar-refractivity contribution in [1.82, 2.24) is 9.55 Å². The van der Waals surface area contributed by atoms with Gasteiger partial charge in [-0.25, -0.2) is 4.98 Å². The van der Waals surface area contributed by atoms with Crippen LogP contribution in [-0.4, -0.2) is 30.4 Å². The van der Waals surface area contributed by atoms with Gasteiger partial charge in [0.25, 0.3) is 5.56 Å². The van der Waals surface area contributed by atoms with Crippen molar-refractivity contribution in [2.45, 2.75) is 26.8 Å². The molecule has 2 rings (SSSR count). The molecule has 0 saturated heterocycles. The molecule has 130 valence electrons. The van der Waals surface area contributed by atoms with Gasteiger partial charge in [-0.2, -0.15) is 0 Å². The van der Waals surface area contributed by atoms with E-state index in [2.05, 4.69) is 10.3 Å². The Kier molecular flexibility index (Phi) is 5.85. The van der Waals surface area contributed by atoms with Crippen molar-refractivity contribution in [1.29, 1.82) is 0 Å². The Bertz CT molecular complexity index is 789. The minimum atomic E-state index is -0.272. The minimum Gasteiger partial charge on any atom is -0.495 e. The van der Waals surface area contributed by atoms with Crippen LogP contribution in [0.1, 0.15) is 24.1 Å². The maximum atomic E-state index is 12.7. The summed E-state index contributed by atoms with van der Waals surface area (Å²) < 4.78 is 12.0. The molecule has 1 aromatic heterocycles. The van der Waals surface area contributed by atoms with Gasteiger partial charge in [0.1, 0.15) is 10.9 Å². The van der Waals surface area contributed by atoms with Crippen molar-refractivity contribution >= 4 is 23.1 Å². The van der Waals surface area contributed by atoms with Crippen molar-refractivity contribution in [3.05, 3.63) is 45.0 Å². The summed E-state index contributed by atoms with van der Waals surface area (Å²) in [6.07, 6.45) is 1.51. The van der Waals surface area contributed by atoms with Gasteiger partial charge in [0.15, 0.2) is 5.82 Å². The summed E-state index contributed by atoms with van der Waals surface area (Å²) in [6, 6.07) is 3.73. The minimum absolute atomic E-state index is 0.149. The fraction of sp³-hybridized carbons (Fsp3) is 0.412. The second kappa shape index (κ2) is 7.68. The third kappa shape index (κ3) is 3.88. The van der Waals surface area contributed by atoms with Gasteiger partial charge < -0.3 is 19.4 Å². The largest absolute Gasteiger partial charge is 0.495 e. The van der Waals surface area contributed by atoms with Gasteiger partial charge in [0.05, 0.1) is 25.4 Å². The molecule has 6 nitrogen and oxygen atoms in total. The normalized spacial score (nSPS) is 12.1. The molecular weight excluding hydrogens is 330 g/mol. The number of rotatable bonds is 6. The SMILES string of the molecule is COCC(C)n1cc(Cl)nc(Nc2c(C)cc(C)cc2OC)c1=O. The van der Waals surface area contributed by atoms with E-state index in [0.717, 1.165) is 11.1 Å². The van der Waals surface area contributed by atoms with E-state index in [-0.39, 0.29) is 22.6 Å². The molecule has 1 N–H and O–H groups in total. The fourth-order valence-electron chi connectivity index (χ4n) is 2.58. The molecule has 1 atom stereocenters. The van der Waals surface area contributed by atoms with Gasteiger partial charge in [0.2, 0.25) is 0 Å². The van der Waals surface area contributed by atoms with Crippen LogP contribution in [0, 0.1) is 13.8 Å². The molecule has 0 fully saturated rings. The number of nitrogens with one attached hydrogen (secondary N) is 1. The number of ether oxygens (including phenoxy) is 2. The van der Waals surface area contributed by atoms with Crippen molar-refractivity contribution in [2.24, 2.45) is 0 Å². The Balaban J connectivity index is 2.50. The average Bonchev–Trinajstić information content (AvgIpc) is 2.52. The van der Waals surface area contributed by atoms with Crippen LogP contribution < -0.4 is 15.6 Å². The molecule has 0 radical (unpaired) electrons. The van der Waals surface area contributed by atoms with Crippen LogP contribution in [0.3, 0.4) is 0 Å². The van der Waals surface area contributed by atoms with Crippen LogP contribution in [-0.2, 0) is 4.74 Å². The molecule has 1 heterocycles. The first kappa shape index (κ1) is 18.3. The Morgan fingerprint density at radius 2 is 2.04 bits per heavy atom. The smallest absolute Gasteiger partial charge is 0.294 e. The monoisotopic (exact) mass is 351 g/mol. The lowest BCUT2D eigenvalue weighted by atomic mass is 10.1. The standard InChI is InChI=1S/C17H22ClN3O3/c1-10-6-11(2)15(13(7-10)24-5)20-16-17(22)21(8-14(18)19-16)12(3)9-23-4/h6-8,12H,9H2,1-5H3,(H,19,20). The number of nitrogens with zero attached hydrogens (tertiary/aromatic N) is 2. The summed E-state index contributed by atoms with van der Waals surface area (Å²) >= 11 is 6.09. The third-order valence-electron chi connectivity index (χ3n) is 3.69. The maximum Gasteiger partial charge on any atom is 0.294 e. The highest BCUT2D eigenvalue weighted by Crippen LogP contribution is 2.31. The number of anilines is 2. The number of halogens is 1. The summed E-state index contributed by atoms with van der Waals surface area (Å²) in [5.41, 5.74) is 2.44. The molecular formula is C17H22ClN3O3. The summed E-state index contributed by atoms with van der Waals surface area (Å²) in [4.78, 5) is 16.8. The molecule has 1 unspecified atom stereocenters. The summed E-state index contributed by atoms with van der Waals surface area (Å²) in [7, 11) is 3.17. The maximum absolute atomic E-state index is 12.7. The number of benzene rings is 1. The van der Waals surface area contributed by atoms with Crippen LogP contribution in [0.4, 0.5) is 11.5 Å². The number of aromatic nitrogens is 2. The zero-order valence-corrected chi connectivity index (χ0v) is 15.3. The van der Waals surface area contributed by atoms with Gasteiger partial charge in [-0.05, 0) is 38.0 Å². The van der Waals surface area contributed by atoms with E-state index >= 15 is 0 Å². The highest BCUT2D eigenvalue weighted by molar-refractivity contribution is 6.29. The summed E-state index contributed by atoms with van der Waals surface area (Å²) in [5, 5.41) is 3.30. The molecule has 0 aliphatic carbocycles. The van der Waals surface area contributed by atoms with Crippen molar-refractivity contribution < 1.29 is 9.47 Å². The van der Waals surface area contributed by atoms with Crippen LogP contribution in [0.25, 0.3) is 0 Å². The van der Waals surface area contributed by atoms with Crippen LogP contribution in [0.2, 0.25) is 5.15 Å². The first-order valence-corrected chi connectivity index (χ1v) is 7.95. The molecule has 0 aliphatic heterocycles. The predicted molar refractivity (Wildman–Crippen MR) is 95.8 cm³/mol. The Morgan fingerprint density at radius 1 is 1.33 bits per heavy atom. The number of aryl methyl sites for hydroxylation is 2. The molecule has 0 amide bonds. The van der Waals surface area contributed by atoms with Crippen molar-refractivity contribution in [3.63, 3.8) is 0 Å². The van der Waals surface area contributed by atoms with Crippen molar-refractivity contribution in [2.75, 3.05) is 26.1 Å². The molecule has 1 aromatic carbocycles. The Hall–Kier alpha value is -2.05. The Labute approximate surface area is 146 Å². The fourth-order valence-corrected chi connectivity index (χ4v) is 2.77. The van der Waals surface area contributed by atoms with Gasteiger partial charge in [-0.1, -0.05) is 17.7 Å². The lowest BCUT2D eigenvalue weighted by Crippen LogP contribution is -2.28. The average molecular weight is 352 g/mol. The van der Waals surface area contributed by atoms with E-state index in [9.17, 15) is 4.79 Å². The highest BCUT2D eigenvalue weighted by atomic mass is 35.5. The predicted octanol–water partition coefficient (Wildman–Crippen LogP) is 3.47. The van der Waals surface area contributed by atoms with Gasteiger partial charge in [-0.15, -0.1) is 0 Å². The molecule has 0 saturated carbocycles. The van der Waals surface area contributed by atoms with Crippen LogP contribution >= 0.6 is 11.6 Å². The lowest BCUT2D eigenvalue weighted by molar-refractivity contribution is 0.161. The van der Waals surface area contributed by atoms with Gasteiger partial charge in [0, 0.05) is 13.3 Å². The van der Waals surface area contributed by atoms with Crippen molar-refractivity contribution in [3.8, 4) is 5.75 Å². The first-order chi connectivity index (χ1) is 11.4. The molecule has 0 spiro atoms. The third-order valence-corrected chi connectivity index (χ3v) is 3.87. The topological polar surface area (TPSA) is 65.4 Å². The molecule has 0 aliphatic rings. The zero-order chi connectivity index (χ0) is 17.9. The molecule has 2 aromatic rings. The van der Waals surface area contributed by atoms with Gasteiger partial charge in [-0.3, -0.25) is 4.79 Å². The van der Waals surface area contributed by atoms with E-state index < -0.39 is 0 Å². The number of hydrogen-bond donors (Lipinski definition) is 1. The first-order valence-electron chi connectivity index (χ1n) is 7.57. The molecule has 24 heavy (non-hydrogen) atoms. The second-order valence-corrected chi connectivity index (χ2v) is 6.10. The molecule has 7 heteroatoms. The van der Waals surface area contributed by atoms with E-state index in [1.807, 2.05) is 32.9 Å². The van der Waals surface area contributed by atoms with Gasteiger partial charge >= 0.3 is 0 Å². The summed E-state index contributed by atoms with van der Waals surface area (Å²) in [5.74, 6) is 0.792. The quantitative estimate of drug-likeness (QED) is 0.863. The highest BCUT2D eigenvalue weighted by Gasteiger charge is 2.16. The van der Waals surface area contributed by atoms with E-state index in [0.29, 0.717) is 18.0 Å². The zero-order valence-electron chi connectivity index (χ0n) is 14.5. The van der Waals surface area contributed by atoms with Crippen LogP contribution in [0.5, 0.6) is 5.75 Å². The Morgan fingerprint density at radius 3 is 2.67 bits per heavy atom. The van der Waals surface area contributed by atoms with Crippen LogP contribution in [0.15, 0.2) is 23.1 Å².